The van der Waals surface area contributed by atoms with Crippen molar-refractivity contribution < 1.29 is 0 Å². The van der Waals surface area contributed by atoms with E-state index < -0.39 is 0 Å². The van der Waals surface area contributed by atoms with Crippen LogP contribution in [0.15, 0.2) is 31.0 Å². The first kappa shape index (κ1) is 12.1. The van der Waals surface area contributed by atoms with Crippen LogP contribution in [0.2, 0.25) is 0 Å². The van der Waals surface area contributed by atoms with Crippen molar-refractivity contribution in [2.75, 3.05) is 5.32 Å². The van der Waals surface area contributed by atoms with Crippen LogP contribution in [0.25, 0.3) is 0 Å². The summed E-state index contributed by atoms with van der Waals surface area (Å²) in [5.41, 5.74) is 1.54. The number of aromatic nitrogens is 3. The van der Waals surface area contributed by atoms with Gasteiger partial charge < -0.3 is 9.88 Å². The van der Waals surface area contributed by atoms with Crippen LogP contribution in [-0.2, 0) is 6.54 Å². The smallest absolute Gasteiger partial charge is 0.144 e. The molecule has 2 aromatic heterocycles. The van der Waals surface area contributed by atoms with Gasteiger partial charge in [-0.25, -0.2) is 9.97 Å². The van der Waals surface area contributed by atoms with Crippen LogP contribution in [0.3, 0.4) is 0 Å². The van der Waals surface area contributed by atoms with Crippen molar-refractivity contribution in [1.82, 2.24) is 14.5 Å². The van der Waals surface area contributed by atoms with Crippen molar-refractivity contribution in [3.05, 3.63) is 42.1 Å². The van der Waals surface area contributed by atoms with Crippen LogP contribution < -0.4 is 5.32 Å². The van der Waals surface area contributed by atoms with E-state index in [4.69, 9.17) is 5.26 Å². The molecular weight excluding hydrogens is 226 g/mol. The van der Waals surface area contributed by atoms with E-state index in [1.165, 1.54) is 0 Å². The molecule has 18 heavy (non-hydrogen) atoms. The molecule has 2 rings (SSSR count). The Morgan fingerprint density at radius 3 is 3.00 bits per heavy atom. The summed E-state index contributed by atoms with van der Waals surface area (Å²) in [4.78, 5) is 8.22. The predicted molar refractivity (Wildman–Crippen MR) is 69.0 cm³/mol. The van der Waals surface area contributed by atoms with Gasteiger partial charge >= 0.3 is 0 Å². The second kappa shape index (κ2) is 5.32. The van der Waals surface area contributed by atoms with Crippen molar-refractivity contribution in [1.29, 1.82) is 5.26 Å². The summed E-state index contributed by atoms with van der Waals surface area (Å²) in [6, 6.07) is 4.19. The second-order valence-electron chi connectivity index (χ2n) is 4.27. The maximum absolute atomic E-state index is 9.12. The van der Waals surface area contributed by atoms with E-state index in [9.17, 15) is 0 Å². The molecule has 0 aromatic carbocycles. The first-order valence-corrected chi connectivity index (χ1v) is 5.78. The Morgan fingerprint density at radius 1 is 1.50 bits per heavy atom. The molecule has 92 valence electrons. The van der Waals surface area contributed by atoms with E-state index in [1.807, 2.05) is 30.7 Å². The molecule has 0 aliphatic heterocycles. The quantitative estimate of drug-likeness (QED) is 0.888. The lowest BCUT2D eigenvalue weighted by atomic mass is 10.1. The van der Waals surface area contributed by atoms with Gasteiger partial charge in [-0.1, -0.05) is 0 Å². The van der Waals surface area contributed by atoms with Crippen LogP contribution in [0.5, 0.6) is 0 Å². The Morgan fingerprint density at radius 2 is 2.33 bits per heavy atom. The van der Waals surface area contributed by atoms with E-state index >= 15 is 0 Å². The van der Waals surface area contributed by atoms with E-state index in [0.29, 0.717) is 11.4 Å². The zero-order valence-corrected chi connectivity index (χ0v) is 10.5. The molecular formula is C13H15N5. The van der Waals surface area contributed by atoms with Gasteiger partial charge in [0.25, 0.3) is 0 Å². The highest BCUT2D eigenvalue weighted by Crippen LogP contribution is 2.16. The van der Waals surface area contributed by atoms with Gasteiger partial charge in [0, 0.05) is 31.2 Å². The number of nitriles is 1. The van der Waals surface area contributed by atoms with Crippen LogP contribution in [-0.4, -0.2) is 20.6 Å². The highest BCUT2D eigenvalue weighted by Gasteiger charge is 2.09. The number of imidazole rings is 1. The lowest BCUT2D eigenvalue weighted by Crippen LogP contribution is -2.22. The van der Waals surface area contributed by atoms with Crippen molar-refractivity contribution in [3.8, 4) is 6.07 Å². The van der Waals surface area contributed by atoms with Crippen molar-refractivity contribution in [2.45, 2.75) is 26.4 Å². The number of hydrogen-bond acceptors (Lipinski definition) is 4. The Bertz CT molecular complexity index is 553. The Hall–Kier alpha value is -2.35. The molecule has 0 aliphatic rings. The highest BCUT2D eigenvalue weighted by molar-refractivity contribution is 5.55. The molecule has 2 heterocycles. The number of anilines is 1. The molecule has 1 unspecified atom stereocenters. The van der Waals surface area contributed by atoms with Crippen LogP contribution in [0.1, 0.15) is 18.1 Å². The molecule has 5 nitrogen and oxygen atoms in total. The van der Waals surface area contributed by atoms with Gasteiger partial charge in [0.15, 0.2) is 0 Å². The topological polar surface area (TPSA) is 66.5 Å². The standard InChI is InChI=1S/C13H15N5/c1-10-3-4-16-13(12(10)7-14)17-11(2)8-18-6-5-15-9-18/h3-6,9,11H,8H2,1-2H3,(H,16,17). The Kier molecular flexibility index (Phi) is 3.58. The summed E-state index contributed by atoms with van der Waals surface area (Å²) in [5, 5.41) is 12.4. The lowest BCUT2D eigenvalue weighted by Gasteiger charge is -2.16. The van der Waals surface area contributed by atoms with Crippen LogP contribution >= 0.6 is 0 Å². The molecule has 0 fully saturated rings. The fraction of sp³-hybridized carbons (Fsp3) is 0.308. The minimum atomic E-state index is 0.167. The molecule has 0 bridgehead atoms. The van der Waals surface area contributed by atoms with Crippen LogP contribution in [0.4, 0.5) is 5.82 Å². The zero-order valence-electron chi connectivity index (χ0n) is 10.5. The first-order valence-electron chi connectivity index (χ1n) is 5.78. The predicted octanol–water partition coefficient (Wildman–Crippen LogP) is 1.96. The maximum atomic E-state index is 9.12. The summed E-state index contributed by atoms with van der Waals surface area (Å²) < 4.78 is 1.99. The van der Waals surface area contributed by atoms with Gasteiger partial charge in [0.2, 0.25) is 0 Å². The fourth-order valence-corrected chi connectivity index (χ4v) is 1.80. The lowest BCUT2D eigenvalue weighted by molar-refractivity contribution is 0.617. The molecule has 0 aliphatic carbocycles. The Balaban J connectivity index is 2.10. The molecule has 1 N–H and O–H groups in total. The Labute approximate surface area is 106 Å². The maximum Gasteiger partial charge on any atom is 0.144 e. The van der Waals surface area contributed by atoms with E-state index in [1.54, 1.807) is 18.7 Å². The summed E-state index contributed by atoms with van der Waals surface area (Å²) in [6.45, 7) is 4.73. The summed E-state index contributed by atoms with van der Waals surface area (Å²) in [7, 11) is 0. The van der Waals surface area contributed by atoms with E-state index in [-0.39, 0.29) is 6.04 Å². The summed E-state index contributed by atoms with van der Waals surface area (Å²) >= 11 is 0. The van der Waals surface area contributed by atoms with Crippen molar-refractivity contribution in [3.63, 3.8) is 0 Å². The second-order valence-corrected chi connectivity index (χ2v) is 4.27. The molecule has 5 heteroatoms. The minimum absolute atomic E-state index is 0.167. The van der Waals surface area contributed by atoms with Crippen molar-refractivity contribution >= 4 is 5.82 Å². The highest BCUT2D eigenvalue weighted by atomic mass is 15.1. The average Bonchev–Trinajstić information content (AvgIpc) is 2.82. The largest absolute Gasteiger partial charge is 0.365 e. The van der Waals surface area contributed by atoms with Gasteiger partial charge in [-0.15, -0.1) is 0 Å². The molecule has 0 spiro atoms. The number of rotatable bonds is 4. The van der Waals surface area contributed by atoms with Crippen LogP contribution in [0, 0.1) is 18.3 Å². The molecule has 0 saturated carbocycles. The number of pyridine rings is 1. The number of nitrogens with one attached hydrogen (secondary N) is 1. The molecule has 0 radical (unpaired) electrons. The number of aryl methyl sites for hydroxylation is 1. The fourth-order valence-electron chi connectivity index (χ4n) is 1.80. The third-order valence-electron chi connectivity index (χ3n) is 2.70. The summed E-state index contributed by atoms with van der Waals surface area (Å²) in [5.74, 6) is 0.644. The molecule has 1 atom stereocenters. The third kappa shape index (κ3) is 2.66. The third-order valence-corrected chi connectivity index (χ3v) is 2.70. The molecule has 0 saturated heterocycles. The van der Waals surface area contributed by atoms with Gasteiger partial charge in [-0.05, 0) is 25.5 Å². The molecule has 0 amide bonds. The minimum Gasteiger partial charge on any atom is -0.365 e. The van der Waals surface area contributed by atoms with E-state index in [2.05, 4.69) is 21.4 Å². The first-order chi connectivity index (χ1) is 8.70. The monoisotopic (exact) mass is 241 g/mol. The number of hydrogen-bond donors (Lipinski definition) is 1. The SMILES string of the molecule is Cc1ccnc(NC(C)Cn2ccnc2)c1C#N. The zero-order chi connectivity index (χ0) is 13.0. The normalized spacial score (nSPS) is 11.8. The van der Waals surface area contributed by atoms with Gasteiger partial charge in [-0.3, -0.25) is 0 Å². The van der Waals surface area contributed by atoms with Gasteiger partial charge in [0.1, 0.15) is 11.9 Å². The number of nitrogens with zero attached hydrogens (tertiary/aromatic N) is 4. The van der Waals surface area contributed by atoms with Gasteiger partial charge in [0.05, 0.1) is 11.9 Å². The van der Waals surface area contributed by atoms with E-state index in [0.717, 1.165) is 12.1 Å². The molecule has 2 aromatic rings. The van der Waals surface area contributed by atoms with Crippen molar-refractivity contribution in [2.24, 2.45) is 0 Å². The van der Waals surface area contributed by atoms with Gasteiger partial charge in [-0.2, -0.15) is 5.26 Å². The summed E-state index contributed by atoms with van der Waals surface area (Å²) in [6.07, 6.45) is 7.14. The average molecular weight is 241 g/mol.